The minimum Gasteiger partial charge on any atom is -0.366 e. The summed E-state index contributed by atoms with van der Waals surface area (Å²) in [5.74, 6) is 0.605. The lowest BCUT2D eigenvalue weighted by atomic mass is 9.73. The molecule has 4 heterocycles. The van der Waals surface area contributed by atoms with Crippen molar-refractivity contribution in [1.29, 1.82) is 0 Å². The number of carbonyl (C=O) groups is 1. The van der Waals surface area contributed by atoms with E-state index in [0.717, 1.165) is 24.2 Å². The monoisotopic (exact) mass is 370 g/mol. The van der Waals surface area contributed by atoms with Gasteiger partial charge in [-0.15, -0.1) is 0 Å². The highest BCUT2D eigenvalue weighted by molar-refractivity contribution is 5.89. The molecule has 1 aromatic rings. The molecule has 0 bridgehead atoms. The molecule has 2 saturated heterocycles. The predicted molar refractivity (Wildman–Crippen MR) is 98.8 cm³/mol. The van der Waals surface area contributed by atoms with E-state index in [9.17, 15) is 4.79 Å². The van der Waals surface area contributed by atoms with Crippen LogP contribution in [-0.2, 0) is 4.79 Å². The number of hydrogen-bond donors (Lipinski definition) is 6. The molecule has 1 saturated carbocycles. The Morgan fingerprint density at radius 1 is 1.22 bits per heavy atom. The first kappa shape index (κ1) is 17.1. The summed E-state index contributed by atoms with van der Waals surface area (Å²) >= 11 is 0. The lowest BCUT2D eigenvalue weighted by Gasteiger charge is -2.41. The average molecular weight is 370 g/mol. The molecule has 7 atom stereocenters. The molecule has 27 heavy (non-hydrogen) atoms. The number of aromatic nitrogens is 1. The van der Waals surface area contributed by atoms with Crippen LogP contribution in [0.2, 0.25) is 0 Å². The molecule has 1 aliphatic carbocycles. The zero-order valence-electron chi connectivity index (χ0n) is 15.2. The van der Waals surface area contributed by atoms with Gasteiger partial charge in [-0.05, 0) is 30.9 Å². The van der Waals surface area contributed by atoms with Gasteiger partial charge >= 0.3 is 0 Å². The van der Waals surface area contributed by atoms with E-state index in [-0.39, 0.29) is 24.2 Å². The van der Waals surface area contributed by atoms with Crippen molar-refractivity contribution in [3.8, 4) is 0 Å². The Morgan fingerprint density at radius 3 is 2.81 bits per heavy atom. The van der Waals surface area contributed by atoms with Crippen molar-refractivity contribution in [3.63, 3.8) is 0 Å². The Morgan fingerprint density at radius 2 is 2.04 bits per heavy atom. The molecule has 144 valence electrons. The van der Waals surface area contributed by atoms with Crippen molar-refractivity contribution in [3.05, 3.63) is 41.9 Å². The van der Waals surface area contributed by atoms with Crippen LogP contribution in [0.25, 0.3) is 0 Å². The number of nitrogens with two attached hydrogens (primary N) is 1. The van der Waals surface area contributed by atoms with E-state index in [2.05, 4.69) is 39.0 Å². The van der Waals surface area contributed by atoms with E-state index in [4.69, 9.17) is 5.73 Å². The summed E-state index contributed by atoms with van der Waals surface area (Å²) in [7, 11) is 0. The van der Waals surface area contributed by atoms with Crippen molar-refractivity contribution < 1.29 is 4.79 Å². The number of hydrazine groups is 3. The fourth-order valence-corrected chi connectivity index (χ4v) is 4.96. The van der Waals surface area contributed by atoms with Crippen LogP contribution in [0.5, 0.6) is 0 Å². The third-order valence-corrected chi connectivity index (χ3v) is 6.37. The van der Waals surface area contributed by atoms with Crippen LogP contribution < -0.4 is 32.9 Å². The van der Waals surface area contributed by atoms with Gasteiger partial charge in [0.15, 0.2) is 0 Å². The van der Waals surface area contributed by atoms with Crippen LogP contribution in [0.15, 0.2) is 36.2 Å². The molecule has 7 unspecified atom stereocenters. The summed E-state index contributed by atoms with van der Waals surface area (Å²) in [5, 5.41) is 5.23. The van der Waals surface area contributed by atoms with Crippen LogP contribution >= 0.6 is 0 Å². The Hall–Kier alpha value is -2.04. The van der Waals surface area contributed by atoms with E-state index in [1.165, 1.54) is 0 Å². The summed E-state index contributed by atoms with van der Waals surface area (Å²) in [6, 6.07) is 6.59. The van der Waals surface area contributed by atoms with Crippen molar-refractivity contribution in [2.75, 3.05) is 0 Å². The zero-order valence-corrected chi connectivity index (χ0v) is 15.2. The Labute approximate surface area is 158 Å². The highest BCUT2D eigenvalue weighted by Gasteiger charge is 2.48. The maximum Gasteiger partial charge on any atom is 0.264 e. The molecule has 1 amide bonds. The highest BCUT2D eigenvalue weighted by atomic mass is 16.2. The zero-order chi connectivity index (χ0) is 18.5. The first-order chi connectivity index (χ1) is 13.1. The van der Waals surface area contributed by atoms with Gasteiger partial charge in [-0.2, -0.15) is 5.53 Å². The van der Waals surface area contributed by atoms with Crippen molar-refractivity contribution in [2.45, 2.75) is 50.1 Å². The molecule has 0 aromatic carbocycles. The lowest BCUT2D eigenvalue weighted by Crippen LogP contribution is -2.55. The van der Waals surface area contributed by atoms with Gasteiger partial charge in [0.1, 0.15) is 6.17 Å². The molecule has 0 spiro atoms. The third-order valence-electron chi connectivity index (χ3n) is 6.37. The minimum atomic E-state index is -0.368. The summed E-state index contributed by atoms with van der Waals surface area (Å²) < 4.78 is 0. The molecule has 1 aromatic heterocycles. The molecule has 5 rings (SSSR count). The largest absolute Gasteiger partial charge is 0.366 e. The van der Waals surface area contributed by atoms with E-state index in [1.807, 2.05) is 18.2 Å². The SMILES string of the molecule is CC1CC2NNNC2CC1C1=CC(=O)N2NC(N)C(c3ccccn3)C2N1. The molecule has 9 heteroatoms. The number of nitrogens with zero attached hydrogens (tertiary/aromatic N) is 2. The van der Waals surface area contributed by atoms with Crippen molar-refractivity contribution >= 4 is 5.91 Å². The summed E-state index contributed by atoms with van der Waals surface area (Å²) in [5.41, 5.74) is 20.9. The summed E-state index contributed by atoms with van der Waals surface area (Å²) in [6.45, 7) is 2.26. The number of pyridine rings is 1. The smallest absolute Gasteiger partial charge is 0.264 e. The standard InChI is InChI=1S/C18H26N8O/c1-9-6-13-14(23-25-22-13)7-10(9)12-8-15(27)26-18(21-12)16(17(19)24-26)11-4-2-3-5-20-11/h2-5,8-10,13-14,16-18,21-25H,6-7,19H2,1H3. The van der Waals surface area contributed by atoms with Gasteiger partial charge in [-0.1, -0.05) is 13.0 Å². The van der Waals surface area contributed by atoms with E-state index in [0.29, 0.717) is 23.9 Å². The van der Waals surface area contributed by atoms with Crippen LogP contribution in [-0.4, -0.2) is 40.3 Å². The predicted octanol–water partition coefficient (Wildman–Crippen LogP) is -0.994. The Bertz CT molecular complexity index is 755. The molecule has 4 aliphatic rings. The van der Waals surface area contributed by atoms with Gasteiger partial charge in [0.2, 0.25) is 0 Å². The number of rotatable bonds is 2. The summed E-state index contributed by atoms with van der Waals surface area (Å²) in [4.78, 5) is 17.3. The van der Waals surface area contributed by atoms with Crippen molar-refractivity contribution in [2.24, 2.45) is 17.6 Å². The maximum absolute atomic E-state index is 12.8. The number of allylic oxidation sites excluding steroid dienone is 1. The number of amides is 1. The average Bonchev–Trinajstić information content (AvgIpc) is 3.25. The molecular formula is C18H26N8O. The van der Waals surface area contributed by atoms with Crippen LogP contribution in [0, 0.1) is 11.8 Å². The second kappa shape index (κ2) is 6.54. The number of fused-ring (bicyclic) bond motifs is 2. The molecule has 7 N–H and O–H groups in total. The molecule has 9 nitrogen and oxygen atoms in total. The van der Waals surface area contributed by atoms with Gasteiger partial charge in [0, 0.05) is 36.0 Å². The highest BCUT2D eigenvalue weighted by Crippen LogP contribution is 2.38. The molecular weight excluding hydrogens is 344 g/mol. The van der Waals surface area contributed by atoms with Crippen molar-refractivity contribution in [1.82, 2.24) is 37.1 Å². The Kier molecular flexibility index (Phi) is 4.14. The molecule has 3 fully saturated rings. The van der Waals surface area contributed by atoms with E-state index >= 15 is 0 Å². The second-order valence-corrected chi connectivity index (χ2v) is 8.01. The maximum atomic E-state index is 12.8. The third kappa shape index (κ3) is 2.82. The van der Waals surface area contributed by atoms with Gasteiger partial charge < -0.3 is 11.1 Å². The normalized spacial score (nSPS) is 41.0. The van der Waals surface area contributed by atoms with Crippen LogP contribution in [0.3, 0.4) is 0 Å². The topological polar surface area (TPSA) is 119 Å². The Balaban J connectivity index is 1.42. The number of nitrogens with one attached hydrogen (secondary N) is 5. The van der Waals surface area contributed by atoms with Gasteiger partial charge in [0.05, 0.1) is 17.8 Å². The summed E-state index contributed by atoms with van der Waals surface area (Å²) in [6.07, 6.45) is 4.92. The lowest BCUT2D eigenvalue weighted by molar-refractivity contribution is -0.131. The van der Waals surface area contributed by atoms with Crippen LogP contribution in [0.4, 0.5) is 0 Å². The minimum absolute atomic E-state index is 0.0485. The quantitative estimate of drug-likeness (QED) is 0.393. The van der Waals surface area contributed by atoms with Gasteiger partial charge in [-0.3, -0.25) is 9.78 Å². The van der Waals surface area contributed by atoms with E-state index in [1.54, 1.807) is 17.3 Å². The fourth-order valence-electron chi connectivity index (χ4n) is 4.96. The number of carbonyl (C=O) groups excluding carboxylic acids is 1. The van der Waals surface area contributed by atoms with Gasteiger partial charge in [0.25, 0.3) is 5.91 Å². The fraction of sp³-hybridized carbons (Fsp3) is 0.556. The molecule has 0 radical (unpaired) electrons. The number of hydrogen-bond acceptors (Lipinski definition) is 8. The second-order valence-electron chi connectivity index (χ2n) is 8.01. The van der Waals surface area contributed by atoms with E-state index < -0.39 is 0 Å². The van der Waals surface area contributed by atoms with Gasteiger partial charge in [-0.25, -0.2) is 21.3 Å². The first-order valence-corrected chi connectivity index (χ1v) is 9.62. The molecule has 3 aliphatic heterocycles. The van der Waals surface area contributed by atoms with Crippen LogP contribution in [0.1, 0.15) is 31.4 Å². The first-order valence-electron chi connectivity index (χ1n) is 9.62.